The molecule has 0 saturated carbocycles. The fourth-order valence-electron chi connectivity index (χ4n) is 3.21. The number of aliphatic imine (C=N–C) groups is 1. The maximum atomic E-state index is 5.41. The summed E-state index contributed by atoms with van der Waals surface area (Å²) >= 11 is 0. The Morgan fingerprint density at radius 1 is 1.21 bits per heavy atom. The molecule has 4 rings (SSSR count). The highest BCUT2D eigenvalue weighted by Crippen LogP contribution is 2.11. The molecular weight excluding hydrogens is 467 g/mol. The van der Waals surface area contributed by atoms with Gasteiger partial charge >= 0.3 is 0 Å². The standard InChI is InChI=1S/C20H24N6O.HI/c1-2-5-16(6-3-1)13-22-20(21-11-10-18-7-4-12-27-18)25-17-8-9-19-23-15-24-26(19)14-17;/h1-7,12,15,17H,8-11,13-14H2,(H2,21,22,25);1H. The molecule has 3 heterocycles. The molecule has 1 aliphatic rings. The Morgan fingerprint density at radius 2 is 2.11 bits per heavy atom. The molecule has 28 heavy (non-hydrogen) atoms. The summed E-state index contributed by atoms with van der Waals surface area (Å²) in [6.07, 6.45) is 6.09. The van der Waals surface area contributed by atoms with Crippen molar-refractivity contribution in [2.75, 3.05) is 6.54 Å². The lowest BCUT2D eigenvalue weighted by atomic mass is 10.1. The van der Waals surface area contributed by atoms with Gasteiger partial charge in [0.2, 0.25) is 0 Å². The highest BCUT2D eigenvalue weighted by molar-refractivity contribution is 14.0. The zero-order valence-corrected chi connectivity index (χ0v) is 18.0. The molecule has 0 spiro atoms. The van der Waals surface area contributed by atoms with Crippen LogP contribution in [0.2, 0.25) is 0 Å². The highest BCUT2D eigenvalue weighted by Gasteiger charge is 2.20. The Labute approximate surface area is 181 Å². The number of nitrogens with zero attached hydrogens (tertiary/aromatic N) is 4. The second-order valence-electron chi connectivity index (χ2n) is 6.64. The number of furan rings is 1. The molecule has 1 atom stereocenters. The van der Waals surface area contributed by atoms with Crippen LogP contribution < -0.4 is 10.6 Å². The second kappa shape index (κ2) is 10.3. The van der Waals surface area contributed by atoms with E-state index < -0.39 is 0 Å². The first-order valence-electron chi connectivity index (χ1n) is 9.34. The lowest BCUT2D eigenvalue weighted by Gasteiger charge is -2.25. The summed E-state index contributed by atoms with van der Waals surface area (Å²) in [5.74, 6) is 2.84. The molecule has 1 aromatic carbocycles. The van der Waals surface area contributed by atoms with E-state index in [9.17, 15) is 0 Å². The van der Waals surface area contributed by atoms with Gasteiger partial charge in [-0.2, -0.15) is 5.10 Å². The first kappa shape index (κ1) is 20.4. The Bertz CT molecular complexity index is 862. The largest absolute Gasteiger partial charge is 0.469 e. The van der Waals surface area contributed by atoms with Crippen molar-refractivity contribution in [3.63, 3.8) is 0 Å². The Balaban J connectivity index is 0.00000225. The van der Waals surface area contributed by atoms with Crippen LogP contribution in [0, 0.1) is 0 Å². The van der Waals surface area contributed by atoms with Crippen LogP contribution in [0.1, 0.15) is 23.6 Å². The Morgan fingerprint density at radius 3 is 2.93 bits per heavy atom. The number of aromatic nitrogens is 3. The maximum Gasteiger partial charge on any atom is 0.191 e. The normalized spacial score (nSPS) is 16.1. The molecule has 0 bridgehead atoms. The summed E-state index contributed by atoms with van der Waals surface area (Å²) in [6, 6.07) is 14.5. The highest BCUT2D eigenvalue weighted by atomic mass is 127. The molecule has 8 heteroatoms. The van der Waals surface area contributed by atoms with E-state index in [4.69, 9.17) is 9.41 Å². The zero-order valence-electron chi connectivity index (χ0n) is 15.6. The van der Waals surface area contributed by atoms with Crippen LogP contribution >= 0.6 is 24.0 Å². The van der Waals surface area contributed by atoms with Crippen molar-refractivity contribution in [1.82, 2.24) is 25.4 Å². The minimum Gasteiger partial charge on any atom is -0.469 e. The van der Waals surface area contributed by atoms with Crippen LogP contribution in [0.3, 0.4) is 0 Å². The maximum absolute atomic E-state index is 5.41. The predicted octanol–water partition coefficient (Wildman–Crippen LogP) is 2.78. The van der Waals surface area contributed by atoms with Crippen LogP contribution in [0.25, 0.3) is 0 Å². The molecule has 0 amide bonds. The lowest BCUT2D eigenvalue weighted by molar-refractivity contribution is 0.392. The van der Waals surface area contributed by atoms with E-state index in [-0.39, 0.29) is 30.0 Å². The van der Waals surface area contributed by atoms with E-state index in [1.807, 2.05) is 35.0 Å². The summed E-state index contributed by atoms with van der Waals surface area (Å²) in [7, 11) is 0. The van der Waals surface area contributed by atoms with Crippen LogP contribution in [0.15, 0.2) is 64.5 Å². The number of guanidine groups is 1. The van der Waals surface area contributed by atoms with Gasteiger partial charge < -0.3 is 15.1 Å². The number of fused-ring (bicyclic) bond motifs is 1. The molecule has 1 aliphatic heterocycles. The third-order valence-corrected chi connectivity index (χ3v) is 4.65. The summed E-state index contributed by atoms with van der Waals surface area (Å²) in [5.41, 5.74) is 1.19. The predicted molar refractivity (Wildman–Crippen MR) is 119 cm³/mol. The SMILES string of the molecule is I.c1ccc(CN=C(NCCc2ccco2)NC2CCc3ncnn3C2)cc1. The number of hydrogen-bond donors (Lipinski definition) is 2. The van der Waals surface area contributed by atoms with Gasteiger partial charge in [-0.3, -0.25) is 0 Å². The molecule has 0 radical (unpaired) electrons. The fourth-order valence-corrected chi connectivity index (χ4v) is 3.21. The van der Waals surface area contributed by atoms with Crippen LogP contribution in [-0.4, -0.2) is 33.3 Å². The summed E-state index contributed by atoms with van der Waals surface area (Å²) < 4.78 is 7.38. The minimum absolute atomic E-state index is 0. The van der Waals surface area contributed by atoms with E-state index in [2.05, 4.69) is 32.8 Å². The molecule has 2 aromatic heterocycles. The molecular formula is C20H25IN6O. The van der Waals surface area contributed by atoms with E-state index in [1.54, 1.807) is 12.6 Å². The van der Waals surface area contributed by atoms with Crippen molar-refractivity contribution >= 4 is 29.9 Å². The molecule has 0 aliphatic carbocycles. The number of benzene rings is 1. The molecule has 7 nitrogen and oxygen atoms in total. The van der Waals surface area contributed by atoms with Gasteiger partial charge in [-0.05, 0) is 24.1 Å². The average molecular weight is 492 g/mol. The minimum atomic E-state index is 0. The summed E-state index contributed by atoms with van der Waals surface area (Å²) in [6.45, 7) is 2.20. The molecule has 0 saturated heterocycles. The van der Waals surface area contributed by atoms with Gasteiger partial charge in [0.15, 0.2) is 5.96 Å². The summed E-state index contributed by atoms with van der Waals surface area (Å²) in [4.78, 5) is 9.06. The third kappa shape index (κ3) is 5.57. The van der Waals surface area contributed by atoms with Gasteiger partial charge in [0.25, 0.3) is 0 Å². The first-order chi connectivity index (χ1) is 13.4. The Hall–Kier alpha value is -2.36. The van der Waals surface area contributed by atoms with Crippen LogP contribution in [-0.2, 0) is 25.9 Å². The molecule has 2 N–H and O–H groups in total. The second-order valence-corrected chi connectivity index (χ2v) is 6.64. The molecule has 0 fully saturated rings. The van der Waals surface area contributed by atoms with Gasteiger partial charge in [0.1, 0.15) is 17.9 Å². The van der Waals surface area contributed by atoms with Crippen molar-refractivity contribution in [2.45, 2.75) is 38.4 Å². The average Bonchev–Trinajstić information content (AvgIpc) is 3.38. The quantitative estimate of drug-likeness (QED) is 0.314. The van der Waals surface area contributed by atoms with Crippen molar-refractivity contribution in [3.8, 4) is 0 Å². The smallest absolute Gasteiger partial charge is 0.191 e. The molecule has 3 aromatic rings. The molecule has 1 unspecified atom stereocenters. The van der Waals surface area contributed by atoms with Gasteiger partial charge in [-0.1, -0.05) is 30.3 Å². The lowest BCUT2D eigenvalue weighted by Crippen LogP contribution is -2.47. The number of halogens is 1. The van der Waals surface area contributed by atoms with Gasteiger partial charge in [-0.15, -0.1) is 24.0 Å². The Kier molecular flexibility index (Phi) is 7.46. The topological polar surface area (TPSA) is 80.3 Å². The first-order valence-corrected chi connectivity index (χ1v) is 9.34. The van der Waals surface area contributed by atoms with E-state index >= 15 is 0 Å². The van der Waals surface area contributed by atoms with Crippen molar-refractivity contribution in [1.29, 1.82) is 0 Å². The van der Waals surface area contributed by atoms with Crippen molar-refractivity contribution in [3.05, 3.63) is 72.2 Å². The van der Waals surface area contributed by atoms with Crippen molar-refractivity contribution < 1.29 is 4.42 Å². The third-order valence-electron chi connectivity index (χ3n) is 4.65. The van der Waals surface area contributed by atoms with Gasteiger partial charge in [0, 0.05) is 25.4 Å². The number of rotatable bonds is 6. The number of hydrogen-bond acceptors (Lipinski definition) is 4. The monoisotopic (exact) mass is 492 g/mol. The van der Waals surface area contributed by atoms with Crippen LogP contribution in [0.4, 0.5) is 0 Å². The van der Waals surface area contributed by atoms with Gasteiger partial charge in [-0.25, -0.2) is 14.7 Å². The zero-order chi connectivity index (χ0) is 18.3. The number of aryl methyl sites for hydroxylation is 1. The van der Waals surface area contributed by atoms with E-state index in [0.29, 0.717) is 6.54 Å². The van der Waals surface area contributed by atoms with Crippen molar-refractivity contribution in [2.24, 2.45) is 4.99 Å². The van der Waals surface area contributed by atoms with E-state index in [0.717, 1.165) is 49.9 Å². The summed E-state index contributed by atoms with van der Waals surface area (Å²) in [5, 5.41) is 11.3. The molecule has 148 valence electrons. The van der Waals surface area contributed by atoms with E-state index in [1.165, 1.54) is 5.56 Å². The van der Waals surface area contributed by atoms with Crippen LogP contribution in [0.5, 0.6) is 0 Å². The van der Waals surface area contributed by atoms with Gasteiger partial charge in [0.05, 0.1) is 19.4 Å². The fraction of sp³-hybridized carbons (Fsp3) is 0.350. The number of nitrogens with one attached hydrogen (secondary N) is 2.